The highest BCUT2D eigenvalue weighted by Gasteiger charge is 2.03. The second-order valence-electron chi connectivity index (χ2n) is 4.55. The van der Waals surface area contributed by atoms with E-state index in [1.165, 1.54) is 9.56 Å². The summed E-state index contributed by atoms with van der Waals surface area (Å²) in [4.78, 5) is 15.2. The van der Waals surface area contributed by atoms with E-state index in [2.05, 4.69) is 21.9 Å². The number of nitrogens with one attached hydrogen (secondary N) is 1. The van der Waals surface area contributed by atoms with Crippen LogP contribution in [0.4, 0.5) is 5.69 Å². The maximum atomic E-state index is 11.9. The third kappa shape index (κ3) is 3.91. The van der Waals surface area contributed by atoms with Crippen molar-refractivity contribution < 1.29 is 0 Å². The first-order chi connectivity index (χ1) is 9.70. The van der Waals surface area contributed by atoms with Crippen LogP contribution in [-0.4, -0.2) is 29.9 Å². The van der Waals surface area contributed by atoms with Crippen LogP contribution >= 0.6 is 11.3 Å². The number of thiophene rings is 1. The standard InChI is InChI=1S/C14H20N4OS/c1-3-17(2)12-9-14(19)18(16-10-12)7-6-15-11-13-5-4-8-20-13/h4-5,8-10,15H,3,6-7,11H2,1-2H3. The van der Waals surface area contributed by atoms with Gasteiger partial charge in [-0.15, -0.1) is 11.3 Å². The Labute approximate surface area is 122 Å². The lowest BCUT2D eigenvalue weighted by Crippen LogP contribution is -2.29. The molecule has 2 rings (SSSR count). The Morgan fingerprint density at radius 2 is 2.35 bits per heavy atom. The van der Waals surface area contributed by atoms with Crippen molar-refractivity contribution in [3.8, 4) is 0 Å². The van der Waals surface area contributed by atoms with Crippen LogP contribution in [-0.2, 0) is 13.1 Å². The summed E-state index contributed by atoms with van der Waals surface area (Å²) in [5.41, 5.74) is 0.806. The molecule has 0 aliphatic rings. The molecular formula is C14H20N4OS. The molecule has 0 fully saturated rings. The topological polar surface area (TPSA) is 50.2 Å². The van der Waals surface area contributed by atoms with Crippen LogP contribution in [0.1, 0.15) is 11.8 Å². The maximum Gasteiger partial charge on any atom is 0.268 e. The molecule has 0 aromatic carbocycles. The van der Waals surface area contributed by atoms with Crippen LogP contribution in [0.2, 0.25) is 0 Å². The molecule has 1 N–H and O–H groups in total. The fourth-order valence-electron chi connectivity index (χ4n) is 1.79. The summed E-state index contributed by atoms with van der Waals surface area (Å²) in [7, 11) is 1.95. The summed E-state index contributed by atoms with van der Waals surface area (Å²) in [6.07, 6.45) is 1.74. The van der Waals surface area contributed by atoms with E-state index in [0.29, 0.717) is 6.54 Å². The van der Waals surface area contributed by atoms with Crippen LogP contribution < -0.4 is 15.8 Å². The first kappa shape index (κ1) is 14.7. The van der Waals surface area contributed by atoms with Crippen molar-refractivity contribution in [2.45, 2.75) is 20.0 Å². The van der Waals surface area contributed by atoms with Crippen LogP contribution in [0, 0.1) is 0 Å². The minimum Gasteiger partial charge on any atom is -0.373 e. The quantitative estimate of drug-likeness (QED) is 0.787. The maximum absolute atomic E-state index is 11.9. The van der Waals surface area contributed by atoms with Crippen molar-refractivity contribution in [3.63, 3.8) is 0 Å². The molecule has 0 bridgehead atoms. The van der Waals surface area contributed by atoms with Gasteiger partial charge in [0.1, 0.15) is 0 Å². The Morgan fingerprint density at radius 3 is 3.00 bits per heavy atom. The molecule has 5 nitrogen and oxygen atoms in total. The van der Waals surface area contributed by atoms with Gasteiger partial charge < -0.3 is 10.2 Å². The zero-order chi connectivity index (χ0) is 14.4. The summed E-state index contributed by atoms with van der Waals surface area (Å²) in [6.45, 7) is 5.05. The Kier molecular flexibility index (Phi) is 5.31. The van der Waals surface area contributed by atoms with Gasteiger partial charge in [0.15, 0.2) is 0 Å². The molecule has 0 aliphatic heterocycles. The van der Waals surface area contributed by atoms with E-state index in [1.807, 2.05) is 24.9 Å². The van der Waals surface area contributed by atoms with Crippen molar-refractivity contribution in [2.75, 3.05) is 25.0 Å². The zero-order valence-electron chi connectivity index (χ0n) is 11.9. The molecule has 0 unspecified atom stereocenters. The van der Waals surface area contributed by atoms with Gasteiger partial charge in [-0.2, -0.15) is 5.10 Å². The monoisotopic (exact) mass is 292 g/mol. The fraction of sp³-hybridized carbons (Fsp3) is 0.429. The number of anilines is 1. The van der Waals surface area contributed by atoms with E-state index < -0.39 is 0 Å². The lowest BCUT2D eigenvalue weighted by atomic mass is 10.4. The Morgan fingerprint density at radius 1 is 1.50 bits per heavy atom. The molecular weight excluding hydrogens is 272 g/mol. The third-order valence-electron chi connectivity index (χ3n) is 3.15. The normalized spacial score (nSPS) is 10.7. The van der Waals surface area contributed by atoms with Gasteiger partial charge in [0.2, 0.25) is 0 Å². The summed E-state index contributed by atoms with van der Waals surface area (Å²) in [5.74, 6) is 0. The minimum atomic E-state index is -0.0549. The molecule has 0 radical (unpaired) electrons. The van der Waals surface area contributed by atoms with Gasteiger partial charge in [-0.1, -0.05) is 6.07 Å². The number of nitrogens with zero attached hydrogens (tertiary/aromatic N) is 3. The number of hydrogen-bond acceptors (Lipinski definition) is 5. The molecule has 0 atom stereocenters. The van der Waals surface area contributed by atoms with Crippen LogP contribution in [0.15, 0.2) is 34.6 Å². The molecule has 0 saturated heterocycles. The van der Waals surface area contributed by atoms with Crippen LogP contribution in [0.3, 0.4) is 0 Å². The molecule has 0 spiro atoms. The predicted molar refractivity (Wildman–Crippen MR) is 83.5 cm³/mol. The molecule has 6 heteroatoms. The van der Waals surface area contributed by atoms with Crippen molar-refractivity contribution in [2.24, 2.45) is 0 Å². The molecule has 0 aliphatic carbocycles. The van der Waals surface area contributed by atoms with Crippen LogP contribution in [0.5, 0.6) is 0 Å². The molecule has 108 valence electrons. The lowest BCUT2D eigenvalue weighted by molar-refractivity contribution is 0.533. The summed E-state index contributed by atoms with van der Waals surface area (Å²) < 4.78 is 1.49. The molecule has 2 aromatic heterocycles. The van der Waals surface area contributed by atoms with Crippen molar-refractivity contribution >= 4 is 17.0 Å². The van der Waals surface area contributed by atoms with Gasteiger partial charge in [-0.3, -0.25) is 4.79 Å². The van der Waals surface area contributed by atoms with Crippen molar-refractivity contribution in [1.29, 1.82) is 0 Å². The molecule has 2 aromatic rings. The highest BCUT2D eigenvalue weighted by atomic mass is 32.1. The van der Waals surface area contributed by atoms with Gasteiger partial charge in [0.25, 0.3) is 5.56 Å². The summed E-state index contributed by atoms with van der Waals surface area (Å²) in [5, 5.41) is 9.58. The summed E-state index contributed by atoms with van der Waals surface area (Å²) in [6, 6.07) is 5.77. The van der Waals surface area contributed by atoms with Crippen molar-refractivity contribution in [3.05, 3.63) is 45.0 Å². The average molecular weight is 292 g/mol. The lowest BCUT2D eigenvalue weighted by Gasteiger charge is -2.16. The number of aromatic nitrogens is 2. The van der Waals surface area contributed by atoms with Gasteiger partial charge in [0.05, 0.1) is 18.4 Å². The van der Waals surface area contributed by atoms with Gasteiger partial charge >= 0.3 is 0 Å². The molecule has 20 heavy (non-hydrogen) atoms. The molecule has 2 heterocycles. The molecule has 0 saturated carbocycles. The highest BCUT2D eigenvalue weighted by molar-refractivity contribution is 7.09. The predicted octanol–water partition coefficient (Wildman–Crippen LogP) is 1.55. The average Bonchev–Trinajstić information content (AvgIpc) is 2.97. The van der Waals surface area contributed by atoms with E-state index >= 15 is 0 Å². The SMILES string of the molecule is CCN(C)c1cnn(CCNCc2cccs2)c(=O)c1. The fourth-order valence-corrected chi connectivity index (χ4v) is 2.47. The minimum absolute atomic E-state index is 0.0549. The van der Waals surface area contributed by atoms with E-state index in [4.69, 9.17) is 0 Å². The first-order valence-corrected chi connectivity index (χ1v) is 7.60. The first-order valence-electron chi connectivity index (χ1n) is 6.72. The van der Waals surface area contributed by atoms with E-state index in [-0.39, 0.29) is 5.56 Å². The van der Waals surface area contributed by atoms with E-state index in [9.17, 15) is 4.79 Å². The van der Waals surface area contributed by atoms with E-state index in [0.717, 1.165) is 25.3 Å². The van der Waals surface area contributed by atoms with Gasteiger partial charge in [-0.05, 0) is 18.4 Å². The smallest absolute Gasteiger partial charge is 0.268 e. The van der Waals surface area contributed by atoms with Crippen molar-refractivity contribution in [1.82, 2.24) is 15.1 Å². The second-order valence-corrected chi connectivity index (χ2v) is 5.58. The largest absolute Gasteiger partial charge is 0.373 e. The van der Waals surface area contributed by atoms with Gasteiger partial charge in [0, 0.05) is 37.6 Å². The van der Waals surface area contributed by atoms with Crippen LogP contribution in [0.25, 0.3) is 0 Å². The third-order valence-corrected chi connectivity index (χ3v) is 4.03. The van der Waals surface area contributed by atoms with E-state index in [1.54, 1.807) is 23.6 Å². The summed E-state index contributed by atoms with van der Waals surface area (Å²) >= 11 is 1.73. The Balaban J connectivity index is 1.85. The highest BCUT2D eigenvalue weighted by Crippen LogP contribution is 2.07. The second kappa shape index (κ2) is 7.21. The molecule has 0 amide bonds. The Hall–Kier alpha value is -1.66. The Bertz CT molecular complexity index is 579. The number of rotatable bonds is 7. The number of hydrogen-bond donors (Lipinski definition) is 1. The zero-order valence-corrected chi connectivity index (χ0v) is 12.7. The van der Waals surface area contributed by atoms with Gasteiger partial charge in [-0.25, -0.2) is 4.68 Å².